The van der Waals surface area contributed by atoms with Crippen LogP contribution in [0.2, 0.25) is 0 Å². The Morgan fingerprint density at radius 2 is 1.95 bits per heavy atom. The number of nitrogens with zero attached hydrogens (tertiary/aromatic N) is 7. The molecule has 0 unspecified atom stereocenters. The monoisotopic (exact) mass is 257 g/mol. The van der Waals surface area contributed by atoms with Crippen LogP contribution in [0.1, 0.15) is 25.6 Å². The van der Waals surface area contributed by atoms with Crippen molar-refractivity contribution in [2.45, 2.75) is 26.2 Å². The molecular formula is C12H15N7. The van der Waals surface area contributed by atoms with E-state index in [9.17, 15) is 0 Å². The molecule has 0 atom stereocenters. The summed E-state index contributed by atoms with van der Waals surface area (Å²) in [4.78, 5) is 14.8. The molecule has 3 aromatic heterocycles. The van der Waals surface area contributed by atoms with E-state index >= 15 is 0 Å². The smallest absolute Gasteiger partial charge is 0.251 e. The summed E-state index contributed by atoms with van der Waals surface area (Å²) in [5, 5.41) is 8.18. The first kappa shape index (κ1) is 11.8. The molecule has 3 rings (SSSR count). The summed E-state index contributed by atoms with van der Waals surface area (Å²) in [6.07, 6.45) is 8.13. The standard InChI is InChI=1S/C12H15N7/c1-3-4-5-10-13-8-9-11(17-10)18(2)12(16-9)19-14-6-7-15-19/h6-8H,3-5H2,1-2H3. The maximum Gasteiger partial charge on any atom is 0.251 e. The highest BCUT2D eigenvalue weighted by atomic mass is 15.5. The molecule has 0 saturated heterocycles. The Bertz CT molecular complexity index is 683. The quantitative estimate of drug-likeness (QED) is 0.704. The van der Waals surface area contributed by atoms with Crippen LogP contribution in [0.5, 0.6) is 0 Å². The van der Waals surface area contributed by atoms with E-state index in [1.165, 1.54) is 4.80 Å². The fraction of sp³-hybridized carbons (Fsp3) is 0.417. The van der Waals surface area contributed by atoms with Crippen molar-refractivity contribution in [3.05, 3.63) is 24.4 Å². The molecule has 0 aliphatic heterocycles. The van der Waals surface area contributed by atoms with Crippen molar-refractivity contribution in [1.29, 1.82) is 0 Å². The van der Waals surface area contributed by atoms with E-state index in [0.29, 0.717) is 5.95 Å². The molecule has 7 heteroatoms. The van der Waals surface area contributed by atoms with Gasteiger partial charge in [0, 0.05) is 13.5 Å². The summed E-state index contributed by atoms with van der Waals surface area (Å²) in [5.41, 5.74) is 1.57. The Morgan fingerprint density at radius 3 is 2.68 bits per heavy atom. The minimum Gasteiger partial charge on any atom is -0.295 e. The summed E-state index contributed by atoms with van der Waals surface area (Å²) in [6.45, 7) is 2.16. The van der Waals surface area contributed by atoms with Gasteiger partial charge in [-0.2, -0.15) is 10.2 Å². The van der Waals surface area contributed by atoms with Crippen LogP contribution in [0.3, 0.4) is 0 Å². The predicted molar refractivity (Wildman–Crippen MR) is 69.8 cm³/mol. The highest BCUT2D eigenvalue weighted by Gasteiger charge is 2.12. The zero-order chi connectivity index (χ0) is 13.2. The van der Waals surface area contributed by atoms with Crippen LogP contribution >= 0.6 is 0 Å². The maximum atomic E-state index is 4.56. The van der Waals surface area contributed by atoms with Crippen LogP contribution in [0.15, 0.2) is 18.6 Å². The third-order valence-electron chi connectivity index (χ3n) is 2.99. The van der Waals surface area contributed by atoms with Gasteiger partial charge >= 0.3 is 0 Å². The van der Waals surface area contributed by atoms with Gasteiger partial charge in [0.15, 0.2) is 5.65 Å². The lowest BCUT2D eigenvalue weighted by Gasteiger charge is -2.00. The first-order valence-electron chi connectivity index (χ1n) is 6.34. The number of rotatable bonds is 4. The Labute approximate surface area is 110 Å². The molecule has 3 heterocycles. The molecule has 0 aromatic carbocycles. The largest absolute Gasteiger partial charge is 0.295 e. The van der Waals surface area contributed by atoms with E-state index in [1.54, 1.807) is 18.6 Å². The van der Waals surface area contributed by atoms with Crippen molar-refractivity contribution >= 4 is 11.2 Å². The van der Waals surface area contributed by atoms with Gasteiger partial charge in [-0.3, -0.25) is 4.57 Å². The second kappa shape index (κ2) is 4.75. The number of hydrogen-bond acceptors (Lipinski definition) is 5. The van der Waals surface area contributed by atoms with E-state index in [2.05, 4.69) is 32.1 Å². The van der Waals surface area contributed by atoms with Gasteiger partial charge < -0.3 is 0 Å². The van der Waals surface area contributed by atoms with Crippen molar-refractivity contribution < 1.29 is 0 Å². The van der Waals surface area contributed by atoms with Gasteiger partial charge in [0.05, 0.1) is 18.6 Å². The molecule has 0 aliphatic rings. The summed E-state index contributed by atoms with van der Waals surface area (Å²) in [6, 6.07) is 0. The predicted octanol–water partition coefficient (Wildman–Crippen LogP) is 1.29. The second-order valence-electron chi connectivity index (χ2n) is 4.39. The van der Waals surface area contributed by atoms with E-state index < -0.39 is 0 Å². The highest BCUT2D eigenvalue weighted by Crippen LogP contribution is 2.14. The van der Waals surface area contributed by atoms with E-state index in [1.807, 2.05) is 11.6 Å². The number of imidazole rings is 1. The normalized spacial score (nSPS) is 11.3. The summed E-state index contributed by atoms with van der Waals surface area (Å²) >= 11 is 0. The average Bonchev–Trinajstić information content (AvgIpc) is 3.05. The molecule has 19 heavy (non-hydrogen) atoms. The molecule has 0 saturated carbocycles. The van der Waals surface area contributed by atoms with Crippen LogP contribution in [0.4, 0.5) is 0 Å². The molecule has 3 aromatic rings. The van der Waals surface area contributed by atoms with Crippen LogP contribution in [-0.4, -0.2) is 34.5 Å². The van der Waals surface area contributed by atoms with Crippen molar-refractivity contribution in [2.24, 2.45) is 7.05 Å². The maximum absolute atomic E-state index is 4.56. The van der Waals surface area contributed by atoms with Gasteiger partial charge in [0.1, 0.15) is 11.3 Å². The van der Waals surface area contributed by atoms with Gasteiger partial charge in [0.25, 0.3) is 5.95 Å². The Balaban J connectivity index is 2.06. The minimum atomic E-state index is 0.641. The zero-order valence-corrected chi connectivity index (χ0v) is 11.0. The fourth-order valence-electron chi connectivity index (χ4n) is 1.96. The number of unbranched alkanes of at least 4 members (excludes halogenated alkanes) is 1. The number of hydrogen-bond donors (Lipinski definition) is 0. The van der Waals surface area contributed by atoms with Crippen molar-refractivity contribution in [2.75, 3.05) is 0 Å². The third kappa shape index (κ3) is 2.07. The van der Waals surface area contributed by atoms with Gasteiger partial charge in [-0.05, 0) is 6.42 Å². The van der Waals surface area contributed by atoms with Crippen molar-refractivity contribution in [1.82, 2.24) is 34.5 Å². The lowest BCUT2D eigenvalue weighted by Crippen LogP contribution is -2.06. The molecule has 0 spiro atoms. The van der Waals surface area contributed by atoms with Crippen molar-refractivity contribution in [3.8, 4) is 5.95 Å². The molecule has 7 nitrogen and oxygen atoms in total. The molecular weight excluding hydrogens is 242 g/mol. The van der Waals surface area contributed by atoms with Gasteiger partial charge in [-0.15, -0.1) is 4.80 Å². The molecule has 0 N–H and O–H groups in total. The van der Waals surface area contributed by atoms with Crippen LogP contribution in [-0.2, 0) is 13.5 Å². The van der Waals surface area contributed by atoms with E-state index in [4.69, 9.17) is 0 Å². The molecule has 98 valence electrons. The Hall–Kier alpha value is -2.31. The van der Waals surface area contributed by atoms with Crippen LogP contribution < -0.4 is 0 Å². The molecule has 0 radical (unpaired) electrons. The third-order valence-corrected chi connectivity index (χ3v) is 2.99. The fourth-order valence-corrected chi connectivity index (χ4v) is 1.96. The first-order chi connectivity index (χ1) is 9.29. The summed E-state index contributed by atoms with van der Waals surface area (Å²) in [7, 11) is 1.91. The second-order valence-corrected chi connectivity index (χ2v) is 4.39. The lowest BCUT2D eigenvalue weighted by molar-refractivity contribution is 0.673. The number of fused-ring (bicyclic) bond motifs is 1. The SMILES string of the molecule is CCCCc1ncc2nc(-n3nccn3)n(C)c2n1. The Morgan fingerprint density at radius 1 is 1.16 bits per heavy atom. The topological polar surface area (TPSA) is 74.3 Å². The van der Waals surface area contributed by atoms with E-state index in [0.717, 1.165) is 36.3 Å². The van der Waals surface area contributed by atoms with Gasteiger partial charge in [-0.25, -0.2) is 15.0 Å². The van der Waals surface area contributed by atoms with Gasteiger partial charge in [-0.1, -0.05) is 13.3 Å². The zero-order valence-electron chi connectivity index (χ0n) is 11.0. The summed E-state index contributed by atoms with van der Waals surface area (Å²) in [5.74, 6) is 1.50. The van der Waals surface area contributed by atoms with Gasteiger partial charge in [0.2, 0.25) is 0 Å². The molecule has 0 bridgehead atoms. The highest BCUT2D eigenvalue weighted by molar-refractivity contribution is 5.71. The average molecular weight is 257 g/mol. The number of aryl methyl sites for hydroxylation is 2. The van der Waals surface area contributed by atoms with Crippen molar-refractivity contribution in [3.63, 3.8) is 0 Å². The Kier molecular flexibility index (Phi) is 2.94. The van der Waals surface area contributed by atoms with Crippen LogP contribution in [0.25, 0.3) is 17.1 Å². The number of aromatic nitrogens is 7. The van der Waals surface area contributed by atoms with Crippen LogP contribution in [0, 0.1) is 0 Å². The first-order valence-corrected chi connectivity index (χ1v) is 6.34. The molecule has 0 amide bonds. The molecule has 0 aliphatic carbocycles. The lowest BCUT2D eigenvalue weighted by atomic mass is 10.2. The van der Waals surface area contributed by atoms with E-state index in [-0.39, 0.29) is 0 Å². The summed E-state index contributed by atoms with van der Waals surface area (Å²) < 4.78 is 1.88. The minimum absolute atomic E-state index is 0.641. The molecule has 0 fully saturated rings.